The smallest absolute Gasteiger partial charge is 0.348 e. The third-order valence-corrected chi connectivity index (χ3v) is 7.20. The highest BCUT2D eigenvalue weighted by Gasteiger charge is 2.30. The molecule has 2 rings (SSSR count). The first kappa shape index (κ1) is 35.2. The van der Waals surface area contributed by atoms with Gasteiger partial charge < -0.3 is 23.3 Å². The lowest BCUT2D eigenvalue weighted by Crippen LogP contribution is -2.26. The summed E-state index contributed by atoms with van der Waals surface area (Å²) in [5.41, 5.74) is -0.184. The van der Waals surface area contributed by atoms with Gasteiger partial charge in [0.15, 0.2) is 0 Å². The lowest BCUT2D eigenvalue weighted by molar-refractivity contribution is -0.152. The molecule has 0 saturated carbocycles. The number of rotatable bonds is 11. The fourth-order valence-corrected chi connectivity index (χ4v) is 5.12. The molecule has 2 aromatic rings. The van der Waals surface area contributed by atoms with Crippen LogP contribution in [0.3, 0.4) is 0 Å². The van der Waals surface area contributed by atoms with Crippen molar-refractivity contribution in [3.05, 3.63) is 63.9 Å². The van der Waals surface area contributed by atoms with Gasteiger partial charge in [0.05, 0.1) is 13.2 Å². The van der Waals surface area contributed by atoms with Crippen LogP contribution in [0.15, 0.2) is 48.5 Å². The first-order chi connectivity index (χ1) is 18.6. The Bertz CT molecular complexity index is 1150. The van der Waals surface area contributed by atoms with Crippen molar-refractivity contribution in [3.8, 4) is 0 Å². The Morgan fingerprint density at radius 2 is 1.43 bits per heavy atom. The third kappa shape index (κ3) is 15.7. The maximum atomic E-state index is 12.0. The van der Waals surface area contributed by atoms with Crippen LogP contribution in [0.25, 0.3) is 6.08 Å². The number of ether oxygens (including phenoxy) is 3. The molecule has 0 radical (unpaired) electrons. The summed E-state index contributed by atoms with van der Waals surface area (Å²) in [6, 6.07) is 13.0. The standard InChI is InChI=1S/C19H20O4S.C10H21O5P/c1-19(2,3)23-17(20)12-10-15-9-11-16(24-15)18(21)22-13-14-7-5-4-6-8-14;1-6-13-16(12,14-7-2)8-9(11)15-10(3,4)5/h4-12H,13H2,1-3H3;6-8H2,1-5H3/b12-10+;. The van der Waals surface area contributed by atoms with Crippen molar-refractivity contribution in [2.24, 2.45) is 0 Å². The van der Waals surface area contributed by atoms with Crippen LogP contribution in [0.1, 0.15) is 75.5 Å². The van der Waals surface area contributed by atoms with Crippen molar-refractivity contribution in [2.75, 3.05) is 19.4 Å². The zero-order chi connectivity index (χ0) is 30.4. The van der Waals surface area contributed by atoms with E-state index in [0.717, 1.165) is 10.4 Å². The zero-order valence-electron chi connectivity index (χ0n) is 24.6. The average molecular weight is 597 g/mol. The summed E-state index contributed by atoms with van der Waals surface area (Å²) in [6.07, 6.45) is 2.65. The minimum Gasteiger partial charge on any atom is -0.459 e. The molecule has 0 spiro atoms. The molecule has 0 fully saturated rings. The second kappa shape index (κ2) is 16.5. The number of carbonyl (C=O) groups excluding carboxylic acids is 3. The largest absolute Gasteiger partial charge is 0.459 e. The van der Waals surface area contributed by atoms with Gasteiger partial charge in [-0.3, -0.25) is 9.36 Å². The van der Waals surface area contributed by atoms with Gasteiger partial charge in [-0.1, -0.05) is 30.3 Å². The molecule has 0 aliphatic heterocycles. The van der Waals surface area contributed by atoms with Crippen molar-refractivity contribution >= 4 is 42.9 Å². The fraction of sp³-hybridized carbons (Fsp3) is 0.483. The molecule has 1 aromatic carbocycles. The van der Waals surface area contributed by atoms with Crippen molar-refractivity contribution in [3.63, 3.8) is 0 Å². The van der Waals surface area contributed by atoms with Gasteiger partial charge in [-0.2, -0.15) is 0 Å². The Kier molecular flexibility index (Phi) is 14.5. The monoisotopic (exact) mass is 596 g/mol. The van der Waals surface area contributed by atoms with Crippen LogP contribution >= 0.6 is 18.9 Å². The van der Waals surface area contributed by atoms with E-state index in [-0.39, 0.29) is 32.0 Å². The minimum absolute atomic E-state index is 0.236. The highest BCUT2D eigenvalue weighted by molar-refractivity contribution is 7.54. The molecule has 0 saturated heterocycles. The number of benzene rings is 1. The van der Waals surface area contributed by atoms with Crippen LogP contribution in [0, 0.1) is 0 Å². The van der Waals surface area contributed by atoms with E-state index < -0.39 is 30.7 Å². The maximum Gasteiger partial charge on any atom is 0.348 e. The van der Waals surface area contributed by atoms with Crippen LogP contribution in [0.5, 0.6) is 0 Å². The number of hydrogen-bond acceptors (Lipinski definition) is 10. The Hall–Kier alpha value is -2.78. The lowest BCUT2D eigenvalue weighted by atomic mass is 10.2. The summed E-state index contributed by atoms with van der Waals surface area (Å²) >= 11 is 1.27. The highest BCUT2D eigenvalue weighted by Crippen LogP contribution is 2.48. The van der Waals surface area contributed by atoms with Gasteiger partial charge in [-0.25, -0.2) is 9.59 Å². The molecule has 0 aliphatic rings. The summed E-state index contributed by atoms with van der Waals surface area (Å²) in [7, 11) is -3.34. The van der Waals surface area contributed by atoms with Crippen LogP contribution in [-0.4, -0.2) is 48.5 Å². The number of thiophene rings is 1. The summed E-state index contributed by atoms with van der Waals surface area (Å²) < 4.78 is 37.5. The normalized spacial score (nSPS) is 11.9. The first-order valence-corrected chi connectivity index (χ1v) is 15.4. The van der Waals surface area contributed by atoms with Crippen molar-refractivity contribution in [1.82, 2.24) is 0 Å². The molecule has 1 heterocycles. The maximum absolute atomic E-state index is 12.0. The minimum atomic E-state index is -3.34. The molecular formula is C29H41O9PS. The number of carbonyl (C=O) groups is 3. The van der Waals surface area contributed by atoms with E-state index in [1.807, 2.05) is 51.1 Å². The van der Waals surface area contributed by atoms with Gasteiger partial charge in [0, 0.05) is 11.0 Å². The van der Waals surface area contributed by atoms with E-state index in [0.29, 0.717) is 4.88 Å². The van der Waals surface area contributed by atoms with E-state index in [4.69, 9.17) is 23.3 Å². The van der Waals surface area contributed by atoms with Crippen LogP contribution in [0.4, 0.5) is 0 Å². The molecule has 0 aliphatic carbocycles. The Balaban J connectivity index is 0.000000437. The molecule has 0 unspecified atom stereocenters. The summed E-state index contributed by atoms with van der Waals surface area (Å²) in [6.45, 7) is 14.8. The Morgan fingerprint density at radius 3 is 1.95 bits per heavy atom. The van der Waals surface area contributed by atoms with E-state index in [1.165, 1.54) is 17.4 Å². The molecular weight excluding hydrogens is 555 g/mol. The quantitative estimate of drug-likeness (QED) is 0.116. The lowest BCUT2D eigenvalue weighted by Gasteiger charge is -2.21. The van der Waals surface area contributed by atoms with Gasteiger partial charge in [-0.05, 0) is 79.2 Å². The second-order valence-corrected chi connectivity index (χ2v) is 13.5. The van der Waals surface area contributed by atoms with Crippen LogP contribution < -0.4 is 0 Å². The Morgan fingerprint density at radius 1 is 0.850 bits per heavy atom. The van der Waals surface area contributed by atoms with Crippen LogP contribution in [0.2, 0.25) is 0 Å². The van der Waals surface area contributed by atoms with Crippen LogP contribution in [-0.2, 0) is 44.0 Å². The van der Waals surface area contributed by atoms with Crippen molar-refractivity contribution < 1.29 is 42.2 Å². The average Bonchev–Trinajstić information content (AvgIpc) is 3.29. The molecule has 0 amide bonds. The first-order valence-electron chi connectivity index (χ1n) is 12.9. The third-order valence-electron chi connectivity index (χ3n) is 4.23. The van der Waals surface area contributed by atoms with E-state index in [1.54, 1.807) is 52.8 Å². The van der Waals surface area contributed by atoms with Gasteiger partial charge in [0.25, 0.3) is 0 Å². The van der Waals surface area contributed by atoms with Gasteiger partial charge >= 0.3 is 25.5 Å². The van der Waals surface area contributed by atoms with Gasteiger partial charge in [0.2, 0.25) is 0 Å². The van der Waals surface area contributed by atoms with Gasteiger partial charge in [0.1, 0.15) is 28.8 Å². The summed E-state index contributed by atoms with van der Waals surface area (Å²) in [4.78, 5) is 36.4. The fourth-order valence-electron chi connectivity index (χ4n) is 2.89. The molecule has 11 heteroatoms. The van der Waals surface area contributed by atoms with Gasteiger partial charge in [-0.15, -0.1) is 11.3 Å². The van der Waals surface area contributed by atoms with E-state index >= 15 is 0 Å². The second-order valence-electron chi connectivity index (χ2n) is 10.3. The zero-order valence-corrected chi connectivity index (χ0v) is 26.3. The van der Waals surface area contributed by atoms with Crippen molar-refractivity contribution in [2.45, 2.75) is 73.2 Å². The predicted octanol–water partition coefficient (Wildman–Crippen LogP) is 7.05. The molecule has 0 bridgehead atoms. The molecule has 0 atom stereocenters. The topological polar surface area (TPSA) is 114 Å². The predicted molar refractivity (Wildman–Crippen MR) is 156 cm³/mol. The summed E-state index contributed by atoms with van der Waals surface area (Å²) in [5, 5.41) is 0. The number of hydrogen-bond donors (Lipinski definition) is 0. The molecule has 9 nitrogen and oxygen atoms in total. The van der Waals surface area contributed by atoms with Crippen molar-refractivity contribution in [1.29, 1.82) is 0 Å². The number of esters is 3. The summed E-state index contributed by atoms with van der Waals surface area (Å²) in [5.74, 6) is -1.36. The SMILES string of the molecule is CC(C)(C)OC(=O)/C=C/c1ccc(C(=O)OCc2ccccc2)s1.CCOP(=O)(CC(=O)OC(C)(C)C)OCC. The molecule has 40 heavy (non-hydrogen) atoms. The molecule has 1 aromatic heterocycles. The highest BCUT2D eigenvalue weighted by atomic mass is 32.1. The Labute approximate surface area is 241 Å². The molecule has 0 N–H and O–H groups in total. The molecule has 222 valence electrons. The van der Waals surface area contributed by atoms with E-state index in [9.17, 15) is 18.9 Å². The van der Waals surface area contributed by atoms with E-state index in [2.05, 4.69) is 0 Å².